The fourth-order valence-corrected chi connectivity index (χ4v) is 3.69. The summed E-state index contributed by atoms with van der Waals surface area (Å²) in [6, 6.07) is 7.34. The zero-order valence-corrected chi connectivity index (χ0v) is 14.2. The van der Waals surface area contributed by atoms with E-state index in [0.717, 1.165) is 29.3 Å². The lowest BCUT2D eigenvalue weighted by Gasteiger charge is -2.06. The monoisotopic (exact) mass is 345 g/mol. The number of rotatable bonds is 6. The molecule has 0 saturated carbocycles. The topological polar surface area (TPSA) is 97.4 Å². The van der Waals surface area contributed by atoms with Crippen LogP contribution in [0, 0.1) is 0 Å². The number of carbonyl (C=O) groups is 2. The number of amides is 3. The molecule has 3 rings (SSSR count). The molecular formula is C17H19N3O3S. The Hall–Kier alpha value is -2.54. The van der Waals surface area contributed by atoms with Crippen LogP contribution in [0.5, 0.6) is 0 Å². The first-order chi connectivity index (χ1) is 11.6. The molecule has 2 heterocycles. The molecular weight excluding hydrogens is 326 g/mol. The lowest BCUT2D eigenvalue weighted by Crippen LogP contribution is -2.30. The van der Waals surface area contributed by atoms with Crippen LogP contribution in [0.1, 0.15) is 36.7 Å². The normalized spacial score (nSPS) is 11.0. The van der Waals surface area contributed by atoms with Crippen LogP contribution >= 0.6 is 11.3 Å². The summed E-state index contributed by atoms with van der Waals surface area (Å²) in [7, 11) is 0. The number of primary amides is 1. The Balaban J connectivity index is 1.91. The highest BCUT2D eigenvalue weighted by molar-refractivity contribution is 7.26. The molecule has 3 aromatic rings. The van der Waals surface area contributed by atoms with Gasteiger partial charge in [0.15, 0.2) is 5.58 Å². The van der Waals surface area contributed by atoms with Crippen LogP contribution in [0.4, 0.5) is 10.5 Å². The third kappa shape index (κ3) is 3.07. The molecule has 2 aromatic heterocycles. The first kappa shape index (κ1) is 16.3. The van der Waals surface area contributed by atoms with E-state index in [1.807, 2.05) is 24.3 Å². The maximum atomic E-state index is 12.1. The van der Waals surface area contributed by atoms with E-state index in [0.29, 0.717) is 22.5 Å². The molecule has 0 aliphatic rings. The van der Waals surface area contributed by atoms with Crippen molar-refractivity contribution in [2.24, 2.45) is 5.73 Å². The Morgan fingerprint density at radius 2 is 2.04 bits per heavy atom. The van der Waals surface area contributed by atoms with Crippen molar-refractivity contribution in [3.05, 3.63) is 30.0 Å². The lowest BCUT2D eigenvalue weighted by molar-refractivity contribution is 0.0977. The van der Waals surface area contributed by atoms with Crippen molar-refractivity contribution in [2.45, 2.75) is 26.2 Å². The highest BCUT2D eigenvalue weighted by Crippen LogP contribution is 2.41. The van der Waals surface area contributed by atoms with Crippen molar-refractivity contribution >= 4 is 49.3 Å². The quantitative estimate of drug-likeness (QED) is 0.588. The van der Waals surface area contributed by atoms with E-state index in [1.165, 1.54) is 11.3 Å². The fraction of sp³-hybridized carbons (Fsp3) is 0.294. The first-order valence-corrected chi connectivity index (χ1v) is 8.72. The predicted octanol–water partition coefficient (Wildman–Crippen LogP) is 4.06. The summed E-state index contributed by atoms with van der Waals surface area (Å²) >= 11 is 1.46. The zero-order chi connectivity index (χ0) is 17.1. The highest BCUT2D eigenvalue weighted by atomic mass is 32.1. The summed E-state index contributed by atoms with van der Waals surface area (Å²) in [5, 5.41) is 6.40. The van der Waals surface area contributed by atoms with Crippen LogP contribution < -0.4 is 16.4 Å². The van der Waals surface area contributed by atoms with Gasteiger partial charge in [-0.2, -0.15) is 0 Å². The Kier molecular flexibility index (Phi) is 4.71. The lowest BCUT2D eigenvalue weighted by atomic mass is 10.2. The van der Waals surface area contributed by atoms with Crippen molar-refractivity contribution in [1.29, 1.82) is 0 Å². The van der Waals surface area contributed by atoms with Gasteiger partial charge in [0.05, 0.1) is 4.70 Å². The second-order valence-electron chi connectivity index (χ2n) is 5.51. The molecule has 0 radical (unpaired) electrons. The predicted molar refractivity (Wildman–Crippen MR) is 96.7 cm³/mol. The summed E-state index contributed by atoms with van der Waals surface area (Å²) in [5.74, 6) is -0.727. The number of hydrogen-bond donors (Lipinski definition) is 3. The van der Waals surface area contributed by atoms with Gasteiger partial charge in [-0.1, -0.05) is 31.9 Å². The number of carbonyl (C=O) groups excluding carboxylic acids is 2. The Morgan fingerprint density at radius 3 is 2.79 bits per heavy atom. The molecule has 0 spiro atoms. The van der Waals surface area contributed by atoms with Crippen molar-refractivity contribution in [3.63, 3.8) is 0 Å². The SMILES string of the molecule is CCCCCNC(=O)Nc1c(C(N)=O)oc2c1sc1ccccc12. The number of nitrogens with two attached hydrogens (primary N) is 1. The van der Waals surface area contributed by atoms with E-state index in [9.17, 15) is 9.59 Å². The first-order valence-electron chi connectivity index (χ1n) is 7.90. The molecule has 0 saturated heterocycles. The van der Waals surface area contributed by atoms with E-state index in [2.05, 4.69) is 17.6 Å². The van der Waals surface area contributed by atoms with Gasteiger partial charge >= 0.3 is 6.03 Å². The van der Waals surface area contributed by atoms with Gasteiger partial charge in [-0.3, -0.25) is 4.79 Å². The van der Waals surface area contributed by atoms with Gasteiger partial charge in [-0.15, -0.1) is 11.3 Å². The molecule has 126 valence electrons. The molecule has 0 unspecified atom stereocenters. The third-order valence-electron chi connectivity index (χ3n) is 3.74. The van der Waals surface area contributed by atoms with Crippen LogP contribution in [0.2, 0.25) is 0 Å². The Labute approximate surface area is 143 Å². The average Bonchev–Trinajstić information content (AvgIpc) is 3.09. The molecule has 4 N–H and O–H groups in total. The zero-order valence-electron chi connectivity index (χ0n) is 13.3. The highest BCUT2D eigenvalue weighted by Gasteiger charge is 2.23. The minimum Gasteiger partial charge on any atom is -0.447 e. The van der Waals surface area contributed by atoms with Crippen LogP contribution in [-0.4, -0.2) is 18.5 Å². The minimum absolute atomic E-state index is 0.0225. The second-order valence-corrected chi connectivity index (χ2v) is 6.57. The van der Waals surface area contributed by atoms with Crippen molar-refractivity contribution in [2.75, 3.05) is 11.9 Å². The molecule has 0 aliphatic carbocycles. The number of fused-ring (bicyclic) bond motifs is 3. The number of urea groups is 1. The molecule has 0 atom stereocenters. The number of nitrogens with one attached hydrogen (secondary N) is 2. The molecule has 1 aromatic carbocycles. The smallest absolute Gasteiger partial charge is 0.319 e. The largest absolute Gasteiger partial charge is 0.447 e. The third-order valence-corrected chi connectivity index (χ3v) is 4.91. The van der Waals surface area contributed by atoms with Gasteiger partial charge in [-0.05, 0) is 18.6 Å². The molecule has 24 heavy (non-hydrogen) atoms. The standard InChI is InChI=1S/C17H19N3O3S/c1-2-3-6-9-19-17(22)20-12-14(16(18)21)23-13-10-7-4-5-8-11(10)24-15(12)13/h4-5,7-8H,2-3,6,9H2,1H3,(H2,18,21)(H2,19,20,22). The summed E-state index contributed by atoms with van der Waals surface area (Å²) < 4.78 is 7.39. The minimum atomic E-state index is -0.705. The molecule has 6 nitrogen and oxygen atoms in total. The van der Waals surface area contributed by atoms with Crippen LogP contribution in [-0.2, 0) is 0 Å². The van der Waals surface area contributed by atoms with Crippen LogP contribution in [0.15, 0.2) is 28.7 Å². The average molecular weight is 345 g/mol. The van der Waals surface area contributed by atoms with Crippen LogP contribution in [0.25, 0.3) is 20.4 Å². The maximum Gasteiger partial charge on any atom is 0.319 e. The van der Waals surface area contributed by atoms with E-state index in [-0.39, 0.29) is 11.8 Å². The number of benzene rings is 1. The summed E-state index contributed by atoms with van der Waals surface area (Å²) in [6.07, 6.45) is 3.05. The van der Waals surface area contributed by atoms with Gasteiger partial charge in [0.25, 0.3) is 5.91 Å². The van der Waals surface area contributed by atoms with Gasteiger partial charge in [0.2, 0.25) is 5.76 Å². The Morgan fingerprint density at radius 1 is 1.25 bits per heavy atom. The molecule has 0 fully saturated rings. The maximum absolute atomic E-state index is 12.1. The Bertz CT molecular complexity index is 897. The van der Waals surface area contributed by atoms with Crippen molar-refractivity contribution in [1.82, 2.24) is 5.32 Å². The van der Waals surface area contributed by atoms with Crippen LogP contribution in [0.3, 0.4) is 0 Å². The molecule has 0 bridgehead atoms. The van der Waals surface area contributed by atoms with Gasteiger partial charge in [0.1, 0.15) is 5.69 Å². The van der Waals surface area contributed by atoms with Crippen molar-refractivity contribution in [3.8, 4) is 0 Å². The second kappa shape index (κ2) is 6.92. The van der Waals surface area contributed by atoms with Gasteiger partial charge in [-0.25, -0.2) is 4.79 Å². The van der Waals surface area contributed by atoms with E-state index in [4.69, 9.17) is 10.2 Å². The number of thiophene rings is 1. The van der Waals surface area contributed by atoms with E-state index >= 15 is 0 Å². The summed E-state index contributed by atoms with van der Waals surface area (Å²) in [5.41, 5.74) is 6.31. The molecule has 0 aliphatic heterocycles. The molecule has 3 amide bonds. The van der Waals surface area contributed by atoms with Crippen molar-refractivity contribution < 1.29 is 14.0 Å². The van der Waals surface area contributed by atoms with E-state index < -0.39 is 5.91 Å². The fourth-order valence-electron chi connectivity index (χ4n) is 2.57. The number of unbranched alkanes of at least 4 members (excludes halogenated alkanes) is 2. The number of anilines is 1. The van der Waals surface area contributed by atoms with Gasteiger partial charge in [0, 0.05) is 16.6 Å². The summed E-state index contributed by atoms with van der Waals surface area (Å²) in [4.78, 5) is 23.8. The van der Waals surface area contributed by atoms with Gasteiger partial charge < -0.3 is 20.8 Å². The van der Waals surface area contributed by atoms with E-state index in [1.54, 1.807) is 0 Å². The number of hydrogen-bond acceptors (Lipinski definition) is 4. The molecule has 7 heteroatoms. The summed E-state index contributed by atoms with van der Waals surface area (Å²) in [6.45, 7) is 2.68. The number of furan rings is 1.